The first-order chi connectivity index (χ1) is 23.6. The molecule has 1 saturated carbocycles. The van der Waals surface area contributed by atoms with Crippen molar-refractivity contribution >= 4 is 28.2 Å². The number of aliphatic imine (C=N–C) groups is 1. The molecule has 0 spiro atoms. The zero-order valence-electron chi connectivity index (χ0n) is 27.0. The molecule has 2 N–H and O–H groups in total. The summed E-state index contributed by atoms with van der Waals surface area (Å²) in [6, 6.07) is 15.4. The summed E-state index contributed by atoms with van der Waals surface area (Å²) in [6.07, 6.45) is 14.6. The maximum atomic E-state index is 14.9. The van der Waals surface area contributed by atoms with E-state index in [1.165, 1.54) is 30.5 Å². The van der Waals surface area contributed by atoms with Crippen LogP contribution in [0.1, 0.15) is 55.3 Å². The summed E-state index contributed by atoms with van der Waals surface area (Å²) in [5, 5.41) is 4.02. The van der Waals surface area contributed by atoms with Gasteiger partial charge in [0.25, 0.3) is 0 Å². The van der Waals surface area contributed by atoms with Gasteiger partial charge < -0.3 is 15.0 Å². The van der Waals surface area contributed by atoms with Crippen molar-refractivity contribution in [2.24, 2.45) is 10.9 Å². The number of amides is 1. The van der Waals surface area contributed by atoms with Crippen molar-refractivity contribution in [3.8, 4) is 28.0 Å². The number of carbonyl (C=O) groups excluding carboxylic acids is 1. The van der Waals surface area contributed by atoms with Crippen LogP contribution in [0, 0.1) is 11.7 Å². The summed E-state index contributed by atoms with van der Waals surface area (Å²) in [7, 11) is 0. The monoisotopic (exact) mass is 642 g/mol. The lowest BCUT2D eigenvalue weighted by molar-refractivity contribution is -0.119. The van der Waals surface area contributed by atoms with Crippen molar-refractivity contribution in [3.05, 3.63) is 96.0 Å². The summed E-state index contributed by atoms with van der Waals surface area (Å²) in [4.78, 5) is 32.6. The number of anilines is 1. The van der Waals surface area contributed by atoms with Crippen LogP contribution in [-0.2, 0) is 11.2 Å². The first kappa shape index (κ1) is 30.4. The molecule has 0 unspecified atom stereocenters. The molecular weight excluding hydrogens is 603 g/mol. The van der Waals surface area contributed by atoms with E-state index in [1.807, 2.05) is 18.3 Å². The van der Waals surface area contributed by atoms with Gasteiger partial charge in [0.2, 0.25) is 5.91 Å². The number of fused-ring (bicyclic) bond motifs is 2. The molecule has 0 radical (unpaired) electrons. The highest BCUT2D eigenvalue weighted by Gasteiger charge is 2.23. The molecule has 1 amide bonds. The predicted molar refractivity (Wildman–Crippen MR) is 187 cm³/mol. The minimum absolute atomic E-state index is 0.0819. The number of likely N-dealkylation sites (tertiary alicyclic amines) is 1. The summed E-state index contributed by atoms with van der Waals surface area (Å²) in [5.41, 5.74) is 9.08. The Bertz CT molecular complexity index is 2010. The fourth-order valence-electron chi connectivity index (χ4n) is 7.41. The SMILES string of the molecule is O=C(Nc1cncc(-c2ccc3c(c2)C(c2cc4c(-c5cc(F)cc(OCCN6CCCC6)c5)cncc4[nH]2)=NCC3)c1)C1CCCC1. The minimum Gasteiger partial charge on any atom is -0.492 e. The van der Waals surface area contributed by atoms with Crippen LogP contribution in [0.2, 0.25) is 0 Å². The van der Waals surface area contributed by atoms with Gasteiger partial charge in [-0.15, -0.1) is 0 Å². The molecule has 244 valence electrons. The molecule has 3 aliphatic rings. The van der Waals surface area contributed by atoms with Gasteiger partial charge in [-0.1, -0.05) is 25.0 Å². The Balaban J connectivity index is 1.07. The van der Waals surface area contributed by atoms with Gasteiger partial charge >= 0.3 is 0 Å². The molecule has 48 heavy (non-hydrogen) atoms. The molecule has 5 heterocycles. The number of carbonyl (C=O) groups is 1. The molecule has 1 aliphatic carbocycles. The normalized spacial score (nSPS) is 16.6. The third kappa shape index (κ3) is 6.34. The molecule has 2 fully saturated rings. The Morgan fingerprint density at radius 2 is 1.75 bits per heavy atom. The van der Waals surface area contributed by atoms with Crippen LogP contribution in [0.25, 0.3) is 33.2 Å². The number of hydrogen-bond donors (Lipinski definition) is 2. The molecule has 8 rings (SSSR count). The number of hydrogen-bond acceptors (Lipinski definition) is 6. The molecule has 3 aromatic heterocycles. The first-order valence-corrected chi connectivity index (χ1v) is 17.1. The highest BCUT2D eigenvalue weighted by molar-refractivity contribution is 6.16. The number of H-pyrrole nitrogens is 1. The summed E-state index contributed by atoms with van der Waals surface area (Å²) in [6.45, 7) is 4.25. The second-order valence-corrected chi connectivity index (χ2v) is 13.2. The van der Waals surface area contributed by atoms with Gasteiger partial charge in [0.05, 0.1) is 35.0 Å². The molecule has 1 saturated heterocycles. The van der Waals surface area contributed by atoms with Crippen LogP contribution >= 0.6 is 0 Å². The fourth-order valence-corrected chi connectivity index (χ4v) is 7.41. The third-order valence-corrected chi connectivity index (χ3v) is 9.94. The van der Waals surface area contributed by atoms with E-state index >= 15 is 0 Å². The molecular formula is C39H39FN6O2. The van der Waals surface area contributed by atoms with Gasteiger partial charge in [0.1, 0.15) is 18.2 Å². The van der Waals surface area contributed by atoms with Crippen LogP contribution in [-0.4, -0.2) is 64.3 Å². The molecule has 2 aromatic carbocycles. The van der Waals surface area contributed by atoms with Crippen molar-refractivity contribution < 1.29 is 13.9 Å². The van der Waals surface area contributed by atoms with Gasteiger partial charge in [0.15, 0.2) is 0 Å². The van der Waals surface area contributed by atoms with E-state index < -0.39 is 0 Å². The van der Waals surface area contributed by atoms with E-state index in [2.05, 4.69) is 49.4 Å². The van der Waals surface area contributed by atoms with Crippen LogP contribution in [0.5, 0.6) is 5.75 Å². The zero-order chi connectivity index (χ0) is 32.5. The summed E-state index contributed by atoms with van der Waals surface area (Å²) < 4.78 is 20.9. The molecule has 2 aliphatic heterocycles. The summed E-state index contributed by atoms with van der Waals surface area (Å²) >= 11 is 0. The van der Waals surface area contributed by atoms with Crippen molar-refractivity contribution in [2.45, 2.75) is 44.9 Å². The number of aromatic amines is 1. The highest BCUT2D eigenvalue weighted by atomic mass is 19.1. The van der Waals surface area contributed by atoms with E-state index in [9.17, 15) is 9.18 Å². The maximum Gasteiger partial charge on any atom is 0.227 e. The van der Waals surface area contributed by atoms with E-state index in [1.54, 1.807) is 18.6 Å². The molecule has 0 atom stereocenters. The van der Waals surface area contributed by atoms with Crippen LogP contribution < -0.4 is 10.1 Å². The number of ether oxygens (including phenoxy) is 1. The Labute approximate surface area is 279 Å². The Hall–Kier alpha value is -4.89. The standard InChI is InChI=1S/C39H39FN6O2/c40-30-15-28(17-32(19-30)48-14-13-46-11-3-4-12-46)35-23-42-24-37-34(35)20-36(45-37)38-33-18-27(8-7-25(33)9-10-43-38)29-16-31(22-41-21-29)44-39(47)26-5-1-2-6-26/h7-8,15-24,26,45H,1-6,9-14H2,(H,44,47). The number of halogens is 1. The third-order valence-electron chi connectivity index (χ3n) is 9.94. The van der Waals surface area contributed by atoms with Crippen LogP contribution in [0.4, 0.5) is 10.1 Å². The van der Waals surface area contributed by atoms with Crippen molar-refractivity contribution in [2.75, 3.05) is 38.1 Å². The van der Waals surface area contributed by atoms with Gasteiger partial charge in [-0.05, 0) is 92.2 Å². The average molecular weight is 643 g/mol. The number of nitrogens with zero attached hydrogens (tertiary/aromatic N) is 4. The van der Waals surface area contributed by atoms with Crippen LogP contribution in [0.15, 0.2) is 78.3 Å². The van der Waals surface area contributed by atoms with E-state index in [0.717, 1.165) is 102 Å². The number of rotatable bonds is 9. The molecule has 8 nitrogen and oxygen atoms in total. The lowest BCUT2D eigenvalue weighted by Crippen LogP contribution is -2.25. The van der Waals surface area contributed by atoms with Crippen LogP contribution in [0.3, 0.4) is 0 Å². The first-order valence-electron chi connectivity index (χ1n) is 17.1. The largest absolute Gasteiger partial charge is 0.492 e. The van der Waals surface area contributed by atoms with Crippen molar-refractivity contribution in [1.82, 2.24) is 19.9 Å². The predicted octanol–water partition coefficient (Wildman–Crippen LogP) is 7.43. The Kier molecular flexibility index (Phi) is 8.44. The quantitative estimate of drug-likeness (QED) is 0.174. The number of pyridine rings is 2. The lowest BCUT2D eigenvalue weighted by atomic mass is 9.92. The summed E-state index contributed by atoms with van der Waals surface area (Å²) in [5.74, 6) is 0.348. The fraction of sp³-hybridized carbons (Fsp3) is 0.333. The number of aromatic nitrogens is 3. The zero-order valence-corrected chi connectivity index (χ0v) is 27.0. The molecule has 9 heteroatoms. The van der Waals surface area contributed by atoms with Gasteiger partial charge in [-0.2, -0.15) is 0 Å². The van der Waals surface area contributed by atoms with Gasteiger partial charge in [-0.3, -0.25) is 24.7 Å². The Morgan fingerprint density at radius 1 is 0.896 bits per heavy atom. The molecule has 0 bridgehead atoms. The van der Waals surface area contributed by atoms with E-state index in [0.29, 0.717) is 24.6 Å². The van der Waals surface area contributed by atoms with Crippen molar-refractivity contribution in [1.29, 1.82) is 0 Å². The Morgan fingerprint density at radius 3 is 2.62 bits per heavy atom. The van der Waals surface area contributed by atoms with E-state index in [-0.39, 0.29) is 17.6 Å². The number of benzene rings is 2. The lowest BCUT2D eigenvalue weighted by Gasteiger charge is -2.18. The smallest absolute Gasteiger partial charge is 0.227 e. The van der Waals surface area contributed by atoms with Gasteiger partial charge in [-0.25, -0.2) is 4.39 Å². The molecule has 5 aromatic rings. The highest BCUT2D eigenvalue weighted by Crippen LogP contribution is 2.34. The average Bonchev–Trinajstić information content (AvgIpc) is 3.90. The second-order valence-electron chi connectivity index (χ2n) is 13.2. The number of nitrogens with one attached hydrogen (secondary N) is 2. The minimum atomic E-state index is -0.341. The van der Waals surface area contributed by atoms with E-state index in [4.69, 9.17) is 9.73 Å². The maximum absolute atomic E-state index is 14.9. The topological polar surface area (TPSA) is 95.5 Å². The second kappa shape index (κ2) is 13.3. The van der Waals surface area contributed by atoms with Gasteiger partial charge in [0, 0.05) is 59.5 Å². The van der Waals surface area contributed by atoms with Crippen molar-refractivity contribution in [3.63, 3.8) is 0 Å².